The Bertz CT molecular complexity index is 679. The molecule has 0 bridgehead atoms. The third kappa shape index (κ3) is 2.96. The molecule has 100 valence electrons. The minimum absolute atomic E-state index is 0.0143. The second kappa shape index (κ2) is 4.16. The van der Waals surface area contributed by atoms with E-state index in [0.717, 1.165) is 25.1 Å². The molecule has 0 atom stereocenters. The molecule has 2 rings (SSSR count). The Morgan fingerprint density at radius 1 is 1.17 bits per heavy atom. The van der Waals surface area contributed by atoms with Crippen molar-refractivity contribution in [2.45, 2.75) is 28.9 Å². The fourth-order valence-corrected chi connectivity index (χ4v) is 3.09. The van der Waals surface area contributed by atoms with Gasteiger partial charge in [-0.2, -0.15) is 0 Å². The Morgan fingerprint density at radius 3 is 2.22 bits per heavy atom. The fraction of sp³-hybridized carbons (Fsp3) is 0.375. The number of aromatic nitrogens is 1. The second-order valence-electron chi connectivity index (χ2n) is 3.88. The molecule has 1 fully saturated rings. The number of nitrogens with two attached hydrogens (primary N) is 2. The third-order valence-electron chi connectivity index (χ3n) is 2.20. The predicted molar refractivity (Wildman–Crippen MR) is 60.6 cm³/mol. The van der Waals surface area contributed by atoms with Crippen LogP contribution in [0, 0.1) is 0 Å². The summed E-state index contributed by atoms with van der Waals surface area (Å²) in [6.45, 7) is 0. The quantitative estimate of drug-likeness (QED) is 0.722. The molecule has 0 radical (unpaired) electrons. The molecule has 1 aromatic rings. The van der Waals surface area contributed by atoms with Crippen molar-refractivity contribution in [1.29, 1.82) is 0 Å². The molecular weight excluding hydrogens is 282 g/mol. The van der Waals surface area contributed by atoms with Crippen molar-refractivity contribution in [3.8, 4) is 5.75 Å². The summed E-state index contributed by atoms with van der Waals surface area (Å²) in [5, 5.41) is 9.01. The molecule has 0 aliphatic heterocycles. The van der Waals surface area contributed by atoms with Gasteiger partial charge in [0.15, 0.2) is 5.03 Å². The number of ether oxygens (including phenoxy) is 1. The zero-order chi connectivity index (χ0) is 13.6. The molecule has 0 unspecified atom stereocenters. The van der Waals surface area contributed by atoms with Gasteiger partial charge in [-0.1, -0.05) is 0 Å². The van der Waals surface area contributed by atoms with Crippen LogP contribution in [0.15, 0.2) is 22.2 Å². The van der Waals surface area contributed by atoms with Crippen LogP contribution >= 0.6 is 0 Å². The first-order valence-electron chi connectivity index (χ1n) is 4.90. The van der Waals surface area contributed by atoms with Gasteiger partial charge in [-0.3, -0.25) is 0 Å². The highest BCUT2D eigenvalue weighted by atomic mass is 32.2. The Kier molecular flexibility index (Phi) is 3.05. The van der Waals surface area contributed by atoms with Crippen LogP contribution in [0.25, 0.3) is 0 Å². The first-order chi connectivity index (χ1) is 8.18. The van der Waals surface area contributed by atoms with E-state index >= 15 is 0 Å². The lowest BCUT2D eigenvalue weighted by molar-refractivity contribution is 0.300. The predicted octanol–water partition coefficient (Wildman–Crippen LogP) is -1.08. The largest absolute Gasteiger partial charge is 0.489 e. The van der Waals surface area contributed by atoms with Crippen molar-refractivity contribution in [2.75, 3.05) is 0 Å². The summed E-state index contributed by atoms with van der Waals surface area (Å²) >= 11 is 0. The number of nitrogens with zero attached hydrogens (tertiary/aromatic N) is 1. The number of sulfonamides is 2. The Balaban J connectivity index is 2.55. The van der Waals surface area contributed by atoms with Crippen LogP contribution in [-0.4, -0.2) is 27.9 Å². The number of hydrogen-bond donors (Lipinski definition) is 2. The van der Waals surface area contributed by atoms with Crippen LogP contribution in [0.1, 0.15) is 12.8 Å². The molecular formula is C8H11N3O5S2. The molecule has 8 nitrogen and oxygen atoms in total. The van der Waals surface area contributed by atoms with E-state index in [9.17, 15) is 16.8 Å². The molecule has 10 heteroatoms. The van der Waals surface area contributed by atoms with Crippen LogP contribution in [0.4, 0.5) is 0 Å². The zero-order valence-electron chi connectivity index (χ0n) is 9.11. The van der Waals surface area contributed by atoms with E-state index < -0.39 is 30.0 Å². The molecule has 1 saturated carbocycles. The van der Waals surface area contributed by atoms with Gasteiger partial charge >= 0.3 is 0 Å². The molecule has 1 aliphatic carbocycles. The molecule has 4 N–H and O–H groups in total. The van der Waals surface area contributed by atoms with Crippen molar-refractivity contribution < 1.29 is 21.6 Å². The zero-order valence-corrected chi connectivity index (χ0v) is 10.7. The molecule has 1 heterocycles. The molecule has 0 spiro atoms. The van der Waals surface area contributed by atoms with E-state index in [1.807, 2.05) is 0 Å². The Hall–Kier alpha value is -1.23. The van der Waals surface area contributed by atoms with Crippen LogP contribution < -0.4 is 15.0 Å². The molecule has 18 heavy (non-hydrogen) atoms. The van der Waals surface area contributed by atoms with Crippen LogP contribution in [0.2, 0.25) is 0 Å². The van der Waals surface area contributed by atoms with E-state index in [-0.39, 0.29) is 11.9 Å². The first-order valence-corrected chi connectivity index (χ1v) is 7.99. The van der Waals surface area contributed by atoms with Crippen molar-refractivity contribution in [3.63, 3.8) is 0 Å². The van der Waals surface area contributed by atoms with Crippen molar-refractivity contribution in [1.82, 2.24) is 4.98 Å². The number of rotatable bonds is 4. The number of hydrogen-bond acceptors (Lipinski definition) is 6. The van der Waals surface area contributed by atoms with Gasteiger partial charge in [0, 0.05) is 6.07 Å². The van der Waals surface area contributed by atoms with E-state index in [2.05, 4.69) is 4.98 Å². The van der Waals surface area contributed by atoms with Crippen LogP contribution in [0.3, 0.4) is 0 Å². The summed E-state index contributed by atoms with van der Waals surface area (Å²) in [6, 6.07) is 1.01. The Morgan fingerprint density at radius 2 is 1.78 bits per heavy atom. The summed E-state index contributed by atoms with van der Waals surface area (Å²) in [5.41, 5.74) is 0. The lowest BCUT2D eigenvalue weighted by Crippen LogP contribution is -2.22. The van der Waals surface area contributed by atoms with Crippen LogP contribution in [-0.2, 0) is 20.0 Å². The summed E-state index contributed by atoms with van der Waals surface area (Å²) in [6.07, 6.45) is 2.84. The van der Waals surface area contributed by atoms with Gasteiger partial charge in [-0.05, 0) is 12.8 Å². The lowest BCUT2D eigenvalue weighted by Gasteiger charge is -2.08. The van der Waals surface area contributed by atoms with E-state index in [1.165, 1.54) is 0 Å². The average Bonchev–Trinajstić information content (AvgIpc) is 2.98. The average molecular weight is 293 g/mol. The molecule has 1 aliphatic rings. The maximum absolute atomic E-state index is 11.3. The van der Waals surface area contributed by atoms with Gasteiger partial charge in [-0.15, -0.1) is 0 Å². The molecule has 0 aromatic carbocycles. The van der Waals surface area contributed by atoms with Gasteiger partial charge in [0.25, 0.3) is 10.0 Å². The maximum atomic E-state index is 11.3. The SMILES string of the molecule is NS(=O)(=O)c1cc(OC2CC2)cnc1S(N)(=O)=O. The van der Waals surface area contributed by atoms with E-state index in [1.54, 1.807) is 0 Å². The highest BCUT2D eigenvalue weighted by molar-refractivity contribution is 7.92. The van der Waals surface area contributed by atoms with E-state index in [4.69, 9.17) is 15.0 Å². The molecule has 1 aromatic heterocycles. The molecule has 0 amide bonds. The topological polar surface area (TPSA) is 142 Å². The van der Waals surface area contributed by atoms with Crippen molar-refractivity contribution in [2.24, 2.45) is 10.3 Å². The van der Waals surface area contributed by atoms with E-state index in [0.29, 0.717) is 0 Å². The fourth-order valence-electron chi connectivity index (χ4n) is 1.27. The number of primary sulfonamides is 2. The Labute approximate surface area is 104 Å². The highest BCUT2D eigenvalue weighted by Crippen LogP contribution is 2.28. The van der Waals surface area contributed by atoms with Gasteiger partial charge < -0.3 is 4.74 Å². The second-order valence-corrected chi connectivity index (χ2v) is 6.89. The summed E-state index contributed by atoms with van der Waals surface area (Å²) in [7, 11) is -8.53. The minimum Gasteiger partial charge on any atom is -0.489 e. The third-order valence-corrected chi connectivity index (χ3v) is 4.11. The summed E-state index contributed by atoms with van der Waals surface area (Å²) in [4.78, 5) is 2.84. The first kappa shape index (κ1) is 13.2. The van der Waals surface area contributed by atoms with Gasteiger partial charge in [-0.25, -0.2) is 32.1 Å². The normalized spacial score (nSPS) is 16.6. The summed E-state index contributed by atoms with van der Waals surface area (Å²) < 4.78 is 50.3. The minimum atomic E-state index is -4.27. The maximum Gasteiger partial charge on any atom is 0.256 e. The smallest absolute Gasteiger partial charge is 0.256 e. The number of pyridine rings is 1. The lowest BCUT2D eigenvalue weighted by atomic mass is 10.4. The van der Waals surface area contributed by atoms with Gasteiger partial charge in [0.05, 0.1) is 12.3 Å². The summed E-state index contributed by atoms with van der Waals surface area (Å²) in [5.74, 6) is 0.147. The monoisotopic (exact) mass is 293 g/mol. The van der Waals surface area contributed by atoms with Gasteiger partial charge in [0.2, 0.25) is 10.0 Å². The van der Waals surface area contributed by atoms with Gasteiger partial charge in [0.1, 0.15) is 10.6 Å². The molecule has 0 saturated heterocycles. The van der Waals surface area contributed by atoms with Crippen LogP contribution in [0.5, 0.6) is 5.75 Å². The highest BCUT2D eigenvalue weighted by Gasteiger charge is 2.27. The van der Waals surface area contributed by atoms with Crippen molar-refractivity contribution >= 4 is 20.0 Å². The standard InChI is InChI=1S/C8H11N3O5S2/c9-17(12,13)7-3-6(16-5-1-2-5)4-11-8(7)18(10,14)15/h3-5H,1-2H2,(H2,9,12,13)(H2,10,14,15). The van der Waals surface area contributed by atoms with Crippen molar-refractivity contribution in [3.05, 3.63) is 12.3 Å².